The largest absolute Gasteiger partial charge is 0.481 e. The number of hydrogen-bond acceptors (Lipinski definition) is 5. The van der Waals surface area contributed by atoms with Gasteiger partial charge in [0.25, 0.3) is 0 Å². The van der Waals surface area contributed by atoms with Crippen LogP contribution in [-0.2, 0) is 23.9 Å². The quantitative estimate of drug-likeness (QED) is 0.570. The van der Waals surface area contributed by atoms with Crippen molar-refractivity contribution in [2.45, 2.75) is 45.1 Å². The fourth-order valence-corrected chi connectivity index (χ4v) is 2.43. The zero-order valence-corrected chi connectivity index (χ0v) is 12.2. The molecule has 0 aromatic rings. The zero-order chi connectivity index (χ0) is 15.8. The first-order chi connectivity index (χ1) is 9.99. The summed E-state index contributed by atoms with van der Waals surface area (Å²) in [5.41, 5.74) is 0. The lowest BCUT2D eigenvalue weighted by molar-refractivity contribution is -0.167. The molecule has 6 nitrogen and oxygen atoms in total. The average molecular weight is 298 g/mol. The van der Waals surface area contributed by atoms with Crippen molar-refractivity contribution in [3.05, 3.63) is 12.7 Å². The first kappa shape index (κ1) is 17.2. The molecule has 1 rings (SSSR count). The SMILES string of the molecule is C=CC(=O)OCC(CC)OC(=O)C1CCCCC1C(=O)O. The van der Waals surface area contributed by atoms with Gasteiger partial charge in [0.15, 0.2) is 0 Å². The molecule has 0 saturated heterocycles. The van der Waals surface area contributed by atoms with Crippen LogP contribution in [0, 0.1) is 11.8 Å². The van der Waals surface area contributed by atoms with Crippen LogP contribution in [0.4, 0.5) is 0 Å². The van der Waals surface area contributed by atoms with Crippen LogP contribution in [0.25, 0.3) is 0 Å². The molecule has 0 spiro atoms. The summed E-state index contributed by atoms with van der Waals surface area (Å²) in [5.74, 6) is -3.34. The number of ether oxygens (including phenoxy) is 2. The van der Waals surface area contributed by atoms with Crippen molar-refractivity contribution < 1.29 is 29.0 Å². The van der Waals surface area contributed by atoms with Gasteiger partial charge < -0.3 is 14.6 Å². The fourth-order valence-electron chi connectivity index (χ4n) is 2.43. The third-order valence-electron chi connectivity index (χ3n) is 3.70. The van der Waals surface area contributed by atoms with Crippen LogP contribution in [0.3, 0.4) is 0 Å². The number of carboxylic acid groups (broad SMARTS) is 1. The highest BCUT2D eigenvalue weighted by Crippen LogP contribution is 2.31. The van der Waals surface area contributed by atoms with Crippen molar-refractivity contribution in [2.75, 3.05) is 6.61 Å². The topological polar surface area (TPSA) is 89.9 Å². The molecule has 0 radical (unpaired) electrons. The van der Waals surface area contributed by atoms with Crippen molar-refractivity contribution >= 4 is 17.9 Å². The highest BCUT2D eigenvalue weighted by molar-refractivity contribution is 5.82. The molecule has 21 heavy (non-hydrogen) atoms. The van der Waals surface area contributed by atoms with Gasteiger partial charge in [-0.25, -0.2) is 4.79 Å². The van der Waals surface area contributed by atoms with E-state index in [2.05, 4.69) is 6.58 Å². The molecule has 1 fully saturated rings. The van der Waals surface area contributed by atoms with Gasteiger partial charge in [-0.1, -0.05) is 26.3 Å². The summed E-state index contributed by atoms with van der Waals surface area (Å²) in [6.07, 6.45) is 3.63. The van der Waals surface area contributed by atoms with E-state index in [1.807, 2.05) is 0 Å². The molecule has 0 heterocycles. The number of carbonyl (C=O) groups is 3. The molecule has 1 aliphatic rings. The van der Waals surface area contributed by atoms with Gasteiger partial charge in [-0.2, -0.15) is 0 Å². The van der Waals surface area contributed by atoms with E-state index >= 15 is 0 Å². The summed E-state index contributed by atoms with van der Waals surface area (Å²) in [4.78, 5) is 34.3. The van der Waals surface area contributed by atoms with E-state index in [-0.39, 0.29) is 6.61 Å². The first-order valence-electron chi connectivity index (χ1n) is 7.22. The van der Waals surface area contributed by atoms with Crippen LogP contribution in [0.1, 0.15) is 39.0 Å². The van der Waals surface area contributed by atoms with E-state index in [4.69, 9.17) is 14.6 Å². The summed E-state index contributed by atoms with van der Waals surface area (Å²) >= 11 is 0. The van der Waals surface area contributed by atoms with E-state index in [0.29, 0.717) is 19.3 Å². The maximum atomic E-state index is 12.2. The number of esters is 2. The summed E-state index contributed by atoms with van der Waals surface area (Å²) < 4.78 is 10.2. The number of rotatable bonds is 7. The smallest absolute Gasteiger partial charge is 0.330 e. The second-order valence-corrected chi connectivity index (χ2v) is 5.14. The molecule has 1 aliphatic carbocycles. The summed E-state index contributed by atoms with van der Waals surface area (Å²) in [6, 6.07) is 0. The predicted octanol–water partition coefficient (Wildman–Crippen LogP) is 1.93. The van der Waals surface area contributed by atoms with Crippen molar-refractivity contribution in [2.24, 2.45) is 11.8 Å². The Labute approximate surface area is 124 Å². The molecule has 0 aromatic heterocycles. The lowest BCUT2D eigenvalue weighted by Gasteiger charge is -2.28. The third kappa shape index (κ3) is 5.21. The van der Waals surface area contributed by atoms with Crippen LogP contribution in [0.5, 0.6) is 0 Å². The lowest BCUT2D eigenvalue weighted by Crippen LogP contribution is -2.36. The van der Waals surface area contributed by atoms with Gasteiger partial charge in [0.05, 0.1) is 11.8 Å². The van der Waals surface area contributed by atoms with Crippen molar-refractivity contribution in [1.29, 1.82) is 0 Å². The highest BCUT2D eigenvalue weighted by atomic mass is 16.6. The van der Waals surface area contributed by atoms with Crippen LogP contribution in [0.2, 0.25) is 0 Å². The normalized spacial score (nSPS) is 22.9. The molecule has 6 heteroatoms. The molecule has 3 unspecified atom stereocenters. The van der Waals surface area contributed by atoms with Crippen molar-refractivity contribution in [1.82, 2.24) is 0 Å². The first-order valence-corrected chi connectivity index (χ1v) is 7.22. The summed E-state index contributed by atoms with van der Waals surface area (Å²) in [5, 5.41) is 9.17. The highest BCUT2D eigenvalue weighted by Gasteiger charge is 2.37. The van der Waals surface area contributed by atoms with Gasteiger partial charge in [0.1, 0.15) is 12.7 Å². The summed E-state index contributed by atoms with van der Waals surface area (Å²) in [7, 11) is 0. The maximum Gasteiger partial charge on any atom is 0.330 e. The Hall–Kier alpha value is -1.85. The number of carbonyl (C=O) groups excluding carboxylic acids is 2. The Morgan fingerprint density at radius 1 is 1.29 bits per heavy atom. The standard InChI is InChI=1S/C15H22O6/c1-3-10(9-20-13(16)4-2)21-15(19)12-8-6-5-7-11(12)14(17)18/h4,10-12H,2-3,5-9H2,1H3,(H,17,18). The van der Waals surface area contributed by atoms with Gasteiger partial charge in [-0.3, -0.25) is 9.59 Å². The molecule has 1 N–H and O–H groups in total. The third-order valence-corrected chi connectivity index (χ3v) is 3.70. The van der Waals surface area contributed by atoms with Crippen LogP contribution >= 0.6 is 0 Å². The average Bonchev–Trinajstić information content (AvgIpc) is 2.50. The number of hydrogen-bond donors (Lipinski definition) is 1. The molecular formula is C15H22O6. The second-order valence-electron chi connectivity index (χ2n) is 5.14. The Morgan fingerprint density at radius 2 is 1.90 bits per heavy atom. The second kappa shape index (κ2) is 8.44. The molecule has 0 aromatic carbocycles. The Morgan fingerprint density at radius 3 is 2.43 bits per heavy atom. The van der Waals surface area contributed by atoms with Gasteiger partial charge in [-0.15, -0.1) is 0 Å². The van der Waals surface area contributed by atoms with E-state index in [0.717, 1.165) is 18.9 Å². The molecule has 118 valence electrons. The summed E-state index contributed by atoms with van der Waals surface area (Å²) in [6.45, 7) is 5.04. The zero-order valence-electron chi connectivity index (χ0n) is 12.2. The van der Waals surface area contributed by atoms with E-state index in [9.17, 15) is 14.4 Å². The maximum absolute atomic E-state index is 12.2. The molecule has 0 aliphatic heterocycles. The Kier molecular flexibility index (Phi) is 6.91. The van der Waals surface area contributed by atoms with Crippen LogP contribution in [0.15, 0.2) is 12.7 Å². The van der Waals surface area contributed by atoms with Crippen LogP contribution in [-0.4, -0.2) is 35.7 Å². The minimum Gasteiger partial charge on any atom is -0.481 e. The van der Waals surface area contributed by atoms with Gasteiger partial charge >= 0.3 is 17.9 Å². The van der Waals surface area contributed by atoms with E-state index in [1.54, 1.807) is 6.92 Å². The van der Waals surface area contributed by atoms with E-state index < -0.39 is 35.8 Å². The fraction of sp³-hybridized carbons (Fsp3) is 0.667. The lowest BCUT2D eigenvalue weighted by atomic mass is 9.79. The molecule has 0 bridgehead atoms. The van der Waals surface area contributed by atoms with Crippen molar-refractivity contribution in [3.8, 4) is 0 Å². The van der Waals surface area contributed by atoms with E-state index in [1.165, 1.54) is 0 Å². The predicted molar refractivity (Wildman–Crippen MR) is 74.4 cm³/mol. The molecule has 1 saturated carbocycles. The van der Waals surface area contributed by atoms with Crippen LogP contribution < -0.4 is 0 Å². The molecular weight excluding hydrogens is 276 g/mol. The van der Waals surface area contributed by atoms with Crippen molar-refractivity contribution in [3.63, 3.8) is 0 Å². The monoisotopic (exact) mass is 298 g/mol. The molecule has 3 atom stereocenters. The van der Waals surface area contributed by atoms with Gasteiger partial charge in [0.2, 0.25) is 0 Å². The number of aliphatic carboxylic acids is 1. The van der Waals surface area contributed by atoms with Gasteiger partial charge in [-0.05, 0) is 19.3 Å². The molecule has 0 amide bonds. The minimum absolute atomic E-state index is 0.0441. The Balaban J connectivity index is 2.57. The number of carboxylic acids is 1. The Bertz CT molecular complexity index is 403. The van der Waals surface area contributed by atoms with Gasteiger partial charge in [0, 0.05) is 6.08 Å². The minimum atomic E-state index is -0.956.